The minimum atomic E-state index is -4.17. The molecule has 0 aliphatic heterocycles. The number of alkyl halides is 4. The molecule has 0 aromatic heterocycles. The lowest BCUT2D eigenvalue weighted by Gasteiger charge is -2.20. The highest BCUT2D eigenvalue weighted by Crippen LogP contribution is 2.23. The van der Waals surface area contributed by atoms with E-state index >= 15 is 0 Å². The molecule has 0 fully saturated rings. The lowest BCUT2D eigenvalue weighted by Crippen LogP contribution is -2.34. The van der Waals surface area contributed by atoms with Crippen LogP contribution >= 0.6 is 0 Å². The molecule has 0 aromatic carbocycles. The van der Waals surface area contributed by atoms with Gasteiger partial charge in [-0.25, -0.2) is 8.78 Å². The van der Waals surface area contributed by atoms with Crippen LogP contribution in [-0.4, -0.2) is 50.5 Å². The maximum Gasteiger partial charge on any atom is 0.330 e. The van der Waals surface area contributed by atoms with Crippen molar-refractivity contribution in [2.75, 3.05) is 26.9 Å². The Labute approximate surface area is 97.7 Å². The average Bonchev–Trinajstić information content (AvgIpc) is 2.25. The van der Waals surface area contributed by atoms with Crippen molar-refractivity contribution in [2.45, 2.75) is 31.8 Å². The SMILES string of the molecule is COCCC(C)C(O)COCC(F)(F)C(F)F. The third-order valence-electron chi connectivity index (χ3n) is 2.34. The number of hydrogen-bond acceptors (Lipinski definition) is 3. The monoisotopic (exact) mass is 262 g/mol. The molecular weight excluding hydrogens is 244 g/mol. The minimum Gasteiger partial charge on any atom is -0.390 e. The van der Waals surface area contributed by atoms with Gasteiger partial charge in [0.25, 0.3) is 0 Å². The van der Waals surface area contributed by atoms with Crippen molar-refractivity contribution in [3.8, 4) is 0 Å². The first kappa shape index (κ1) is 16.6. The van der Waals surface area contributed by atoms with Crippen LogP contribution in [0.25, 0.3) is 0 Å². The summed E-state index contributed by atoms with van der Waals surface area (Å²) in [5.41, 5.74) is 0. The van der Waals surface area contributed by atoms with Crippen LogP contribution in [0.1, 0.15) is 13.3 Å². The predicted molar refractivity (Wildman–Crippen MR) is 53.4 cm³/mol. The molecule has 104 valence electrons. The van der Waals surface area contributed by atoms with Crippen LogP contribution in [-0.2, 0) is 9.47 Å². The Bertz CT molecular complexity index is 202. The van der Waals surface area contributed by atoms with Crippen LogP contribution in [0.15, 0.2) is 0 Å². The summed E-state index contributed by atoms with van der Waals surface area (Å²) in [5.74, 6) is -4.38. The molecule has 0 amide bonds. The first-order chi connectivity index (χ1) is 7.81. The zero-order chi connectivity index (χ0) is 13.5. The van der Waals surface area contributed by atoms with E-state index in [1.54, 1.807) is 6.92 Å². The number of halogens is 4. The molecule has 0 saturated heterocycles. The quantitative estimate of drug-likeness (QED) is 0.645. The van der Waals surface area contributed by atoms with Gasteiger partial charge in [-0.1, -0.05) is 6.92 Å². The van der Waals surface area contributed by atoms with E-state index in [1.807, 2.05) is 0 Å². The Morgan fingerprint density at radius 3 is 2.35 bits per heavy atom. The van der Waals surface area contributed by atoms with Crippen LogP contribution in [0, 0.1) is 5.92 Å². The minimum absolute atomic E-state index is 0.213. The fourth-order valence-corrected chi connectivity index (χ4v) is 1.04. The summed E-state index contributed by atoms with van der Waals surface area (Å²) in [6.07, 6.45) is -4.20. The van der Waals surface area contributed by atoms with Gasteiger partial charge >= 0.3 is 12.3 Å². The van der Waals surface area contributed by atoms with E-state index < -0.39 is 31.7 Å². The van der Waals surface area contributed by atoms with Crippen molar-refractivity contribution in [3.63, 3.8) is 0 Å². The lowest BCUT2D eigenvalue weighted by atomic mass is 10.0. The van der Waals surface area contributed by atoms with Crippen LogP contribution in [0.4, 0.5) is 17.6 Å². The van der Waals surface area contributed by atoms with Crippen LogP contribution < -0.4 is 0 Å². The molecule has 2 atom stereocenters. The topological polar surface area (TPSA) is 38.7 Å². The van der Waals surface area contributed by atoms with Crippen LogP contribution in [0.5, 0.6) is 0 Å². The van der Waals surface area contributed by atoms with Crippen molar-refractivity contribution in [2.24, 2.45) is 5.92 Å². The molecule has 0 radical (unpaired) electrons. The van der Waals surface area contributed by atoms with E-state index in [1.165, 1.54) is 7.11 Å². The van der Waals surface area contributed by atoms with Crippen molar-refractivity contribution in [3.05, 3.63) is 0 Å². The van der Waals surface area contributed by atoms with Gasteiger partial charge in [0.2, 0.25) is 0 Å². The smallest absolute Gasteiger partial charge is 0.330 e. The highest BCUT2D eigenvalue weighted by Gasteiger charge is 2.41. The summed E-state index contributed by atoms with van der Waals surface area (Å²) in [5, 5.41) is 9.47. The van der Waals surface area contributed by atoms with E-state index in [2.05, 4.69) is 4.74 Å². The zero-order valence-corrected chi connectivity index (χ0v) is 9.84. The van der Waals surface area contributed by atoms with Gasteiger partial charge in [0.05, 0.1) is 12.7 Å². The Kier molecular flexibility index (Phi) is 7.65. The molecule has 0 heterocycles. The van der Waals surface area contributed by atoms with E-state index in [0.29, 0.717) is 13.0 Å². The third-order valence-corrected chi connectivity index (χ3v) is 2.34. The Hall–Kier alpha value is -0.400. The van der Waals surface area contributed by atoms with Gasteiger partial charge in [-0.05, 0) is 12.3 Å². The normalized spacial score (nSPS) is 16.2. The second-order valence-corrected chi connectivity index (χ2v) is 3.90. The fraction of sp³-hybridized carbons (Fsp3) is 1.00. The molecule has 0 spiro atoms. The highest BCUT2D eigenvalue weighted by molar-refractivity contribution is 4.69. The highest BCUT2D eigenvalue weighted by atomic mass is 19.3. The molecule has 17 heavy (non-hydrogen) atoms. The number of methoxy groups -OCH3 is 1. The number of hydrogen-bond donors (Lipinski definition) is 1. The van der Waals surface area contributed by atoms with Gasteiger partial charge < -0.3 is 14.6 Å². The number of ether oxygens (including phenoxy) is 2. The first-order valence-corrected chi connectivity index (χ1v) is 5.22. The van der Waals surface area contributed by atoms with E-state index in [-0.39, 0.29) is 5.92 Å². The van der Waals surface area contributed by atoms with E-state index in [9.17, 15) is 22.7 Å². The van der Waals surface area contributed by atoms with Crippen LogP contribution in [0.3, 0.4) is 0 Å². The van der Waals surface area contributed by atoms with Crippen LogP contribution in [0.2, 0.25) is 0 Å². The molecule has 0 saturated carbocycles. The molecule has 2 unspecified atom stereocenters. The van der Waals surface area contributed by atoms with E-state index in [4.69, 9.17) is 4.74 Å². The van der Waals surface area contributed by atoms with Gasteiger partial charge in [0.1, 0.15) is 6.61 Å². The number of rotatable bonds is 9. The predicted octanol–water partition coefficient (Wildman–Crippen LogP) is 1.94. The first-order valence-electron chi connectivity index (χ1n) is 5.22. The maximum absolute atomic E-state index is 12.4. The summed E-state index contributed by atoms with van der Waals surface area (Å²) < 4.78 is 57.5. The molecule has 1 N–H and O–H groups in total. The van der Waals surface area contributed by atoms with Gasteiger partial charge in [-0.3, -0.25) is 0 Å². The van der Waals surface area contributed by atoms with Gasteiger partial charge in [0, 0.05) is 13.7 Å². The Balaban J connectivity index is 3.80. The van der Waals surface area contributed by atoms with Crippen molar-refractivity contribution in [1.82, 2.24) is 0 Å². The zero-order valence-electron chi connectivity index (χ0n) is 9.84. The van der Waals surface area contributed by atoms with E-state index in [0.717, 1.165) is 0 Å². The number of aliphatic hydroxyl groups excluding tert-OH is 1. The standard InChI is InChI=1S/C10H18F4O3/c1-7(3-4-16-2)8(15)5-17-6-10(13,14)9(11)12/h7-9,15H,3-6H2,1-2H3. The lowest BCUT2D eigenvalue weighted by molar-refractivity contribution is -0.172. The maximum atomic E-state index is 12.4. The molecule has 0 aromatic rings. The molecule has 3 nitrogen and oxygen atoms in total. The largest absolute Gasteiger partial charge is 0.390 e. The summed E-state index contributed by atoms with van der Waals surface area (Å²) in [7, 11) is 1.50. The molecule has 0 bridgehead atoms. The summed E-state index contributed by atoms with van der Waals surface area (Å²) in [6, 6.07) is 0. The molecular formula is C10H18F4O3. The second-order valence-electron chi connectivity index (χ2n) is 3.90. The number of aliphatic hydroxyl groups is 1. The summed E-state index contributed by atoms with van der Waals surface area (Å²) in [6.45, 7) is 0.329. The van der Waals surface area contributed by atoms with Crippen molar-refractivity contribution < 1.29 is 32.1 Å². The average molecular weight is 262 g/mol. The van der Waals surface area contributed by atoms with Crippen molar-refractivity contribution >= 4 is 0 Å². The Morgan fingerprint density at radius 1 is 1.29 bits per heavy atom. The summed E-state index contributed by atoms with van der Waals surface area (Å²) in [4.78, 5) is 0. The molecule has 0 aliphatic carbocycles. The van der Waals surface area contributed by atoms with Gasteiger partial charge in [-0.15, -0.1) is 0 Å². The summed E-state index contributed by atoms with van der Waals surface area (Å²) >= 11 is 0. The third kappa shape index (κ3) is 6.80. The van der Waals surface area contributed by atoms with Gasteiger partial charge in [-0.2, -0.15) is 8.78 Å². The molecule has 0 rings (SSSR count). The molecule has 7 heteroatoms. The second kappa shape index (κ2) is 7.84. The molecule has 0 aliphatic rings. The van der Waals surface area contributed by atoms with Crippen molar-refractivity contribution in [1.29, 1.82) is 0 Å². The van der Waals surface area contributed by atoms with Gasteiger partial charge in [0.15, 0.2) is 0 Å². The Morgan fingerprint density at radius 2 is 1.88 bits per heavy atom. The fourth-order valence-electron chi connectivity index (χ4n) is 1.04.